The third-order valence-corrected chi connectivity index (χ3v) is 5.99. The number of fused-ring (bicyclic) bond motifs is 1. The van der Waals surface area contributed by atoms with Gasteiger partial charge in [-0.3, -0.25) is 14.4 Å². The van der Waals surface area contributed by atoms with Gasteiger partial charge in [0, 0.05) is 41.8 Å². The number of nitrogens with two attached hydrogens (primary N) is 1. The van der Waals surface area contributed by atoms with Crippen LogP contribution in [0, 0.1) is 5.92 Å². The largest absolute Gasteiger partial charge is 0.480 e. The number of carboxylic acid groups (broad SMARTS) is 1. The maximum atomic E-state index is 13.4. The fraction of sp³-hybridized carbons (Fsp3) is 0.400. The fourth-order valence-electron chi connectivity index (χ4n) is 3.90. The molecule has 3 amide bonds. The summed E-state index contributed by atoms with van der Waals surface area (Å²) in [4.78, 5) is 60.4. The zero-order valence-electron chi connectivity index (χ0n) is 20.9. The second-order valence-electron chi connectivity index (χ2n) is 9.32. The Morgan fingerprint density at radius 1 is 0.946 bits per heavy atom. The van der Waals surface area contributed by atoms with E-state index in [1.54, 1.807) is 20.0 Å². The predicted octanol–water partition coefficient (Wildman–Crippen LogP) is 0.218. The van der Waals surface area contributed by atoms with Crippen LogP contribution in [0.3, 0.4) is 0 Å². The maximum absolute atomic E-state index is 13.4. The van der Waals surface area contributed by atoms with Crippen molar-refractivity contribution >= 4 is 34.6 Å². The third kappa shape index (κ3) is 7.17. The number of benzene rings is 1. The number of imidazole rings is 1. The SMILES string of the molecule is CC(N)C(=O)NC(Cc1c[nH]c2ccccc12)C(=O)NC(C(=O)NC(Cc1cnc[nH]1)C(=O)O)C(C)C. The lowest BCUT2D eigenvalue weighted by Gasteiger charge is -2.27. The highest BCUT2D eigenvalue weighted by Gasteiger charge is 2.32. The molecule has 0 bridgehead atoms. The number of H-pyrrole nitrogens is 2. The molecule has 8 N–H and O–H groups in total. The van der Waals surface area contributed by atoms with Crippen LogP contribution in [-0.4, -0.2) is 67.9 Å². The summed E-state index contributed by atoms with van der Waals surface area (Å²) >= 11 is 0. The number of aromatic nitrogens is 3. The molecule has 0 saturated carbocycles. The molecule has 4 atom stereocenters. The van der Waals surface area contributed by atoms with Gasteiger partial charge in [-0.05, 0) is 24.5 Å². The number of aliphatic carboxylic acids is 1. The monoisotopic (exact) mass is 511 g/mol. The number of amides is 3. The molecule has 198 valence electrons. The van der Waals surface area contributed by atoms with Crippen molar-refractivity contribution in [1.29, 1.82) is 0 Å². The third-order valence-electron chi connectivity index (χ3n) is 5.99. The molecular weight excluding hydrogens is 478 g/mol. The summed E-state index contributed by atoms with van der Waals surface area (Å²) in [6.07, 6.45) is 4.80. The molecule has 37 heavy (non-hydrogen) atoms. The van der Waals surface area contributed by atoms with Crippen molar-refractivity contribution in [3.05, 3.63) is 54.2 Å². The Balaban J connectivity index is 1.78. The molecule has 0 fully saturated rings. The molecule has 4 unspecified atom stereocenters. The van der Waals surface area contributed by atoms with Crippen LogP contribution in [0.2, 0.25) is 0 Å². The van der Waals surface area contributed by atoms with Crippen LogP contribution >= 0.6 is 0 Å². The Hall–Kier alpha value is -4.19. The summed E-state index contributed by atoms with van der Waals surface area (Å²) < 4.78 is 0. The lowest BCUT2D eigenvalue weighted by atomic mass is 10.00. The van der Waals surface area contributed by atoms with Gasteiger partial charge in [-0.25, -0.2) is 9.78 Å². The first-order valence-electron chi connectivity index (χ1n) is 12.0. The predicted molar refractivity (Wildman–Crippen MR) is 136 cm³/mol. The summed E-state index contributed by atoms with van der Waals surface area (Å²) in [6.45, 7) is 4.96. The van der Waals surface area contributed by atoms with Gasteiger partial charge >= 0.3 is 5.97 Å². The summed E-state index contributed by atoms with van der Waals surface area (Å²) in [5.41, 5.74) is 7.93. The number of para-hydroxylation sites is 1. The van der Waals surface area contributed by atoms with E-state index in [0.29, 0.717) is 5.69 Å². The summed E-state index contributed by atoms with van der Waals surface area (Å²) in [7, 11) is 0. The smallest absolute Gasteiger partial charge is 0.326 e. The molecule has 0 radical (unpaired) electrons. The van der Waals surface area contributed by atoms with Crippen LogP contribution in [0.15, 0.2) is 43.0 Å². The van der Waals surface area contributed by atoms with E-state index >= 15 is 0 Å². The molecule has 0 aliphatic carbocycles. The van der Waals surface area contributed by atoms with E-state index < -0.39 is 47.9 Å². The first-order chi connectivity index (χ1) is 17.6. The number of carboxylic acids is 1. The molecule has 3 aromatic rings. The highest BCUT2D eigenvalue weighted by atomic mass is 16.4. The number of carbonyl (C=O) groups is 4. The molecule has 0 saturated heterocycles. The van der Waals surface area contributed by atoms with E-state index in [4.69, 9.17) is 5.73 Å². The number of hydrogen-bond acceptors (Lipinski definition) is 6. The molecule has 12 nitrogen and oxygen atoms in total. The Labute approximate surface area is 213 Å². The fourth-order valence-corrected chi connectivity index (χ4v) is 3.90. The van der Waals surface area contributed by atoms with Crippen LogP contribution < -0.4 is 21.7 Å². The Kier molecular flexibility index (Phi) is 9.01. The van der Waals surface area contributed by atoms with E-state index in [1.165, 1.54) is 19.4 Å². The van der Waals surface area contributed by atoms with Crippen LogP contribution in [0.1, 0.15) is 32.0 Å². The lowest BCUT2D eigenvalue weighted by Crippen LogP contribution is -2.58. The van der Waals surface area contributed by atoms with Gasteiger partial charge in [0.2, 0.25) is 17.7 Å². The summed E-state index contributed by atoms with van der Waals surface area (Å²) in [5, 5.41) is 18.3. The van der Waals surface area contributed by atoms with Crippen molar-refractivity contribution in [2.24, 2.45) is 11.7 Å². The molecule has 2 aromatic heterocycles. The standard InChI is InChI=1S/C25H33N7O5/c1-13(2)21(24(35)31-20(25(36)37)9-16-11-27-12-29-16)32-23(34)19(30-22(33)14(3)26)8-15-10-28-18-7-5-4-6-17(15)18/h4-7,10-14,19-21,28H,8-9,26H2,1-3H3,(H,27,29)(H,30,33)(H,31,35)(H,32,34)(H,36,37). The van der Waals surface area contributed by atoms with Crippen molar-refractivity contribution in [3.8, 4) is 0 Å². The minimum atomic E-state index is -1.23. The van der Waals surface area contributed by atoms with E-state index in [9.17, 15) is 24.3 Å². The molecule has 3 rings (SSSR count). The van der Waals surface area contributed by atoms with Crippen molar-refractivity contribution in [2.75, 3.05) is 0 Å². The van der Waals surface area contributed by atoms with Gasteiger partial charge in [-0.2, -0.15) is 0 Å². The molecular formula is C25H33N7O5. The highest BCUT2D eigenvalue weighted by molar-refractivity contribution is 5.95. The van der Waals surface area contributed by atoms with E-state index in [0.717, 1.165) is 16.5 Å². The second-order valence-corrected chi connectivity index (χ2v) is 9.32. The molecule has 2 heterocycles. The van der Waals surface area contributed by atoms with E-state index in [-0.39, 0.29) is 18.8 Å². The molecule has 12 heteroatoms. The zero-order valence-corrected chi connectivity index (χ0v) is 20.9. The summed E-state index contributed by atoms with van der Waals surface area (Å²) in [6, 6.07) is 3.41. The second kappa shape index (κ2) is 12.2. The average Bonchev–Trinajstić information content (AvgIpc) is 3.51. The van der Waals surface area contributed by atoms with Crippen molar-refractivity contribution in [3.63, 3.8) is 0 Å². The van der Waals surface area contributed by atoms with Gasteiger partial charge in [-0.1, -0.05) is 32.0 Å². The van der Waals surface area contributed by atoms with Gasteiger partial charge in [-0.15, -0.1) is 0 Å². The minimum Gasteiger partial charge on any atom is -0.480 e. The molecule has 0 aliphatic heterocycles. The average molecular weight is 512 g/mol. The number of nitrogens with zero attached hydrogens (tertiary/aromatic N) is 1. The van der Waals surface area contributed by atoms with Crippen molar-refractivity contribution < 1.29 is 24.3 Å². The minimum absolute atomic E-state index is 0.00648. The number of aromatic amines is 2. The van der Waals surface area contributed by atoms with E-state index in [1.807, 2.05) is 24.3 Å². The van der Waals surface area contributed by atoms with Crippen molar-refractivity contribution in [1.82, 2.24) is 30.9 Å². The lowest BCUT2D eigenvalue weighted by molar-refractivity contribution is -0.142. The number of rotatable bonds is 12. The molecule has 0 aliphatic rings. The van der Waals surface area contributed by atoms with Gasteiger partial charge in [0.25, 0.3) is 0 Å². The normalized spacial score (nSPS) is 14.5. The molecule has 1 aromatic carbocycles. The van der Waals surface area contributed by atoms with Crippen LogP contribution in [0.25, 0.3) is 10.9 Å². The first kappa shape index (κ1) is 27.4. The van der Waals surface area contributed by atoms with Crippen LogP contribution in [0.5, 0.6) is 0 Å². The van der Waals surface area contributed by atoms with Gasteiger partial charge < -0.3 is 36.8 Å². The van der Waals surface area contributed by atoms with Gasteiger partial charge in [0.15, 0.2) is 0 Å². The first-order valence-corrected chi connectivity index (χ1v) is 12.0. The maximum Gasteiger partial charge on any atom is 0.326 e. The summed E-state index contributed by atoms with van der Waals surface area (Å²) in [5.74, 6) is -3.36. The van der Waals surface area contributed by atoms with Gasteiger partial charge in [0.1, 0.15) is 18.1 Å². The van der Waals surface area contributed by atoms with Crippen molar-refractivity contribution in [2.45, 2.75) is 57.8 Å². The highest BCUT2D eigenvalue weighted by Crippen LogP contribution is 2.19. The number of hydrogen-bond donors (Lipinski definition) is 7. The zero-order chi connectivity index (χ0) is 27.1. The van der Waals surface area contributed by atoms with Crippen LogP contribution in [-0.2, 0) is 32.0 Å². The number of carbonyl (C=O) groups excluding carboxylic acids is 3. The Bertz CT molecular complexity index is 1240. The molecule has 0 spiro atoms. The quantitative estimate of drug-likeness (QED) is 0.180. The number of nitrogens with one attached hydrogen (secondary N) is 5. The van der Waals surface area contributed by atoms with Gasteiger partial charge in [0.05, 0.1) is 12.4 Å². The topological polar surface area (TPSA) is 195 Å². The Morgan fingerprint density at radius 2 is 1.65 bits per heavy atom. The van der Waals surface area contributed by atoms with Crippen LogP contribution in [0.4, 0.5) is 0 Å². The Morgan fingerprint density at radius 3 is 2.27 bits per heavy atom. The van der Waals surface area contributed by atoms with E-state index in [2.05, 4.69) is 30.9 Å².